The number of nitrogens with one attached hydrogen (secondary N) is 1. The van der Waals surface area contributed by atoms with Crippen LogP contribution in [0.25, 0.3) is 0 Å². The highest BCUT2D eigenvalue weighted by molar-refractivity contribution is 6.38. The minimum Gasteiger partial charge on any atom is -0.365 e. The maximum absolute atomic E-state index is 13.2. The monoisotopic (exact) mass is 402 g/mol. The van der Waals surface area contributed by atoms with Gasteiger partial charge in [0.25, 0.3) is 0 Å². The number of urea groups is 1. The zero-order valence-corrected chi connectivity index (χ0v) is 15.2. The van der Waals surface area contributed by atoms with E-state index in [1.165, 1.54) is 18.2 Å². The second-order valence-corrected chi connectivity index (χ2v) is 6.71. The normalized spacial score (nSPS) is 14.6. The molecule has 0 spiro atoms. The van der Waals surface area contributed by atoms with E-state index < -0.39 is 5.82 Å². The topological polar surface area (TPSA) is 48.5 Å². The van der Waals surface area contributed by atoms with Gasteiger partial charge in [0.2, 0.25) is 0 Å². The smallest absolute Gasteiger partial charge is 0.321 e. The molecule has 9 heteroatoms. The van der Waals surface area contributed by atoms with E-state index in [4.69, 9.17) is 34.8 Å². The number of carbonyl (C=O) groups is 1. The highest BCUT2D eigenvalue weighted by atomic mass is 35.5. The molecular formula is C16H14Cl3FN4O. The summed E-state index contributed by atoms with van der Waals surface area (Å²) in [6.07, 6.45) is 3.08. The van der Waals surface area contributed by atoms with Crippen LogP contribution in [-0.2, 0) is 0 Å². The van der Waals surface area contributed by atoms with Crippen LogP contribution in [0.4, 0.5) is 20.6 Å². The van der Waals surface area contributed by atoms with Crippen LogP contribution in [0.3, 0.4) is 0 Å². The summed E-state index contributed by atoms with van der Waals surface area (Å²) in [4.78, 5) is 20.0. The van der Waals surface area contributed by atoms with E-state index in [2.05, 4.69) is 10.3 Å². The van der Waals surface area contributed by atoms with Crippen molar-refractivity contribution >= 4 is 52.2 Å². The molecule has 1 N–H and O–H groups in total. The Morgan fingerprint density at radius 3 is 2.28 bits per heavy atom. The van der Waals surface area contributed by atoms with Gasteiger partial charge in [-0.15, -0.1) is 0 Å². The van der Waals surface area contributed by atoms with Crippen LogP contribution >= 0.6 is 34.8 Å². The lowest BCUT2D eigenvalue weighted by Crippen LogP contribution is -2.50. The van der Waals surface area contributed by atoms with Crippen LogP contribution in [-0.4, -0.2) is 42.1 Å². The number of anilines is 2. The quantitative estimate of drug-likeness (QED) is 0.801. The molecule has 2 amide bonds. The van der Waals surface area contributed by atoms with E-state index >= 15 is 0 Å². The predicted molar refractivity (Wildman–Crippen MR) is 98.5 cm³/mol. The van der Waals surface area contributed by atoms with Gasteiger partial charge < -0.3 is 15.1 Å². The molecule has 1 aromatic carbocycles. The van der Waals surface area contributed by atoms with Gasteiger partial charge in [-0.05, 0) is 18.2 Å². The first kappa shape index (κ1) is 18.0. The van der Waals surface area contributed by atoms with Crippen LogP contribution in [0, 0.1) is 5.82 Å². The lowest BCUT2D eigenvalue weighted by molar-refractivity contribution is 0.208. The van der Waals surface area contributed by atoms with E-state index in [0.29, 0.717) is 41.9 Å². The number of benzene rings is 1. The van der Waals surface area contributed by atoms with Gasteiger partial charge in [-0.2, -0.15) is 0 Å². The third-order valence-electron chi connectivity index (χ3n) is 3.88. The summed E-state index contributed by atoms with van der Waals surface area (Å²) in [5.74, 6) is -0.528. The molecule has 1 aliphatic heterocycles. The molecule has 0 aliphatic carbocycles. The number of aromatic nitrogens is 1. The number of carbonyl (C=O) groups excluding carboxylic acids is 1. The molecule has 5 nitrogen and oxygen atoms in total. The van der Waals surface area contributed by atoms with Crippen LogP contribution in [0.1, 0.15) is 0 Å². The van der Waals surface area contributed by atoms with Crippen molar-refractivity contribution in [3.63, 3.8) is 0 Å². The van der Waals surface area contributed by atoms with Crippen molar-refractivity contribution in [3.05, 3.63) is 51.5 Å². The number of rotatable bonds is 2. The molecule has 0 unspecified atom stereocenters. The summed E-state index contributed by atoms with van der Waals surface area (Å²) in [7, 11) is 0. The van der Waals surface area contributed by atoms with Gasteiger partial charge in [-0.3, -0.25) is 4.98 Å². The SMILES string of the molecule is O=C(Nc1ccc(F)c(Cl)c1)N1CCN(c2c(Cl)cncc2Cl)CC1. The van der Waals surface area contributed by atoms with E-state index in [9.17, 15) is 9.18 Å². The van der Waals surface area contributed by atoms with Crippen LogP contribution < -0.4 is 10.2 Å². The summed E-state index contributed by atoms with van der Waals surface area (Å²) in [5, 5.41) is 3.63. The number of pyridine rings is 1. The van der Waals surface area contributed by atoms with E-state index in [-0.39, 0.29) is 11.1 Å². The zero-order valence-electron chi connectivity index (χ0n) is 13.0. The maximum Gasteiger partial charge on any atom is 0.321 e. The Hall–Kier alpha value is -1.76. The van der Waals surface area contributed by atoms with E-state index in [1.807, 2.05) is 4.90 Å². The van der Waals surface area contributed by atoms with Crippen molar-refractivity contribution in [2.45, 2.75) is 0 Å². The van der Waals surface area contributed by atoms with Crippen LogP contribution in [0.5, 0.6) is 0 Å². The predicted octanol–water partition coefficient (Wildman–Crippen LogP) is 4.54. The highest BCUT2D eigenvalue weighted by Gasteiger charge is 2.24. The first-order valence-corrected chi connectivity index (χ1v) is 8.64. The Kier molecular flexibility index (Phi) is 5.51. The van der Waals surface area contributed by atoms with Crippen molar-refractivity contribution in [2.24, 2.45) is 0 Å². The zero-order chi connectivity index (χ0) is 18.0. The van der Waals surface area contributed by atoms with Crippen molar-refractivity contribution < 1.29 is 9.18 Å². The fourth-order valence-electron chi connectivity index (χ4n) is 2.62. The lowest BCUT2D eigenvalue weighted by atomic mass is 10.2. The Bertz CT molecular complexity index is 777. The largest absolute Gasteiger partial charge is 0.365 e. The average molecular weight is 404 g/mol. The Labute approximate surface area is 159 Å². The Balaban J connectivity index is 1.62. The van der Waals surface area contributed by atoms with Gasteiger partial charge in [0.1, 0.15) is 5.82 Å². The summed E-state index contributed by atoms with van der Waals surface area (Å²) in [6, 6.07) is 3.78. The molecular weight excluding hydrogens is 390 g/mol. The summed E-state index contributed by atoms with van der Waals surface area (Å²) in [6.45, 7) is 2.16. The minimum absolute atomic E-state index is 0.0374. The fourth-order valence-corrected chi connectivity index (χ4v) is 3.40. The highest BCUT2D eigenvalue weighted by Crippen LogP contribution is 2.33. The molecule has 1 fully saturated rings. The second-order valence-electron chi connectivity index (χ2n) is 5.48. The minimum atomic E-state index is -0.528. The molecule has 0 atom stereocenters. The van der Waals surface area contributed by atoms with Gasteiger partial charge in [-0.1, -0.05) is 34.8 Å². The van der Waals surface area contributed by atoms with E-state index in [0.717, 1.165) is 5.69 Å². The number of nitrogens with zero attached hydrogens (tertiary/aromatic N) is 3. The van der Waals surface area contributed by atoms with Crippen molar-refractivity contribution in [1.29, 1.82) is 0 Å². The first-order valence-electron chi connectivity index (χ1n) is 7.50. The molecule has 1 aromatic heterocycles. The van der Waals surface area contributed by atoms with Crippen molar-refractivity contribution in [3.8, 4) is 0 Å². The van der Waals surface area contributed by atoms with Crippen LogP contribution in [0.15, 0.2) is 30.6 Å². The third-order valence-corrected chi connectivity index (χ3v) is 4.73. The van der Waals surface area contributed by atoms with Gasteiger partial charge in [-0.25, -0.2) is 9.18 Å². The molecule has 0 radical (unpaired) electrons. The molecule has 2 heterocycles. The molecule has 25 heavy (non-hydrogen) atoms. The van der Waals surface area contributed by atoms with E-state index in [1.54, 1.807) is 17.3 Å². The Morgan fingerprint density at radius 1 is 1.04 bits per heavy atom. The number of halogens is 4. The van der Waals surface area contributed by atoms with Gasteiger partial charge in [0.15, 0.2) is 0 Å². The first-order chi connectivity index (χ1) is 12.0. The standard InChI is InChI=1S/C16H14Cl3FN4O/c17-11-7-10(1-2-14(11)20)22-16(25)24-5-3-23(4-6-24)15-12(18)8-21-9-13(15)19/h1-2,7-9H,3-6H2,(H,22,25). The van der Waals surface area contributed by atoms with Crippen LogP contribution in [0.2, 0.25) is 15.1 Å². The van der Waals surface area contributed by atoms with Gasteiger partial charge >= 0.3 is 6.03 Å². The average Bonchev–Trinajstić information content (AvgIpc) is 2.58. The van der Waals surface area contributed by atoms with Gasteiger partial charge in [0, 0.05) is 44.3 Å². The lowest BCUT2D eigenvalue weighted by Gasteiger charge is -2.36. The number of amides is 2. The summed E-state index contributed by atoms with van der Waals surface area (Å²) >= 11 is 18.1. The number of hydrogen-bond donors (Lipinski definition) is 1. The molecule has 132 valence electrons. The molecule has 0 bridgehead atoms. The summed E-state index contributed by atoms with van der Waals surface area (Å²) in [5.41, 5.74) is 1.17. The molecule has 2 aromatic rings. The molecule has 0 saturated carbocycles. The fraction of sp³-hybridized carbons (Fsp3) is 0.250. The maximum atomic E-state index is 13.2. The van der Waals surface area contributed by atoms with Crippen molar-refractivity contribution in [2.75, 3.05) is 36.4 Å². The van der Waals surface area contributed by atoms with Gasteiger partial charge in [0.05, 0.1) is 20.8 Å². The van der Waals surface area contributed by atoms with Crippen molar-refractivity contribution in [1.82, 2.24) is 9.88 Å². The Morgan fingerprint density at radius 2 is 1.68 bits per heavy atom. The second kappa shape index (κ2) is 7.64. The molecule has 1 aliphatic rings. The third kappa shape index (κ3) is 4.08. The number of hydrogen-bond acceptors (Lipinski definition) is 3. The summed E-state index contributed by atoms with van der Waals surface area (Å²) < 4.78 is 13.2. The molecule has 1 saturated heterocycles. The molecule has 3 rings (SSSR count). The number of piperazine rings is 1.